The lowest BCUT2D eigenvalue weighted by molar-refractivity contribution is -0.139. The van der Waals surface area contributed by atoms with Gasteiger partial charge in [0.2, 0.25) is 0 Å². The second-order valence-corrected chi connectivity index (χ2v) is 13.8. The Morgan fingerprint density at radius 3 is 1.96 bits per heavy atom. The number of hydrogen-bond donors (Lipinski definition) is 0. The van der Waals surface area contributed by atoms with Gasteiger partial charge >= 0.3 is 11.9 Å². The number of esters is 2. The molecule has 8 heteroatoms. The van der Waals surface area contributed by atoms with Crippen molar-refractivity contribution >= 4 is 44.3 Å². The van der Waals surface area contributed by atoms with Crippen molar-refractivity contribution < 1.29 is 28.5 Å². The Morgan fingerprint density at radius 2 is 1.24 bits per heavy atom. The van der Waals surface area contributed by atoms with E-state index < -0.39 is 17.4 Å². The maximum absolute atomic E-state index is 11.6. The van der Waals surface area contributed by atoms with Crippen LogP contribution in [0.5, 0.6) is 11.5 Å². The van der Waals surface area contributed by atoms with Crippen molar-refractivity contribution in [2.45, 2.75) is 5.41 Å². The number of carbonyl (C=O) groups excluding carboxylic acids is 2. The van der Waals surface area contributed by atoms with Gasteiger partial charge in [-0.1, -0.05) is 98.1 Å². The second kappa shape index (κ2) is 14.8. The van der Waals surface area contributed by atoms with Crippen molar-refractivity contribution in [2.75, 3.05) is 26.4 Å². The van der Waals surface area contributed by atoms with Crippen LogP contribution < -0.4 is 9.47 Å². The van der Waals surface area contributed by atoms with E-state index in [1.807, 2.05) is 36.4 Å². The molecule has 1 atom stereocenters. The van der Waals surface area contributed by atoms with E-state index in [1.54, 1.807) is 11.3 Å². The molecule has 6 aromatic carbocycles. The minimum Gasteiger partial charge on any atom is -0.490 e. The van der Waals surface area contributed by atoms with Gasteiger partial charge in [0.25, 0.3) is 0 Å². The molecule has 0 aliphatic heterocycles. The summed E-state index contributed by atoms with van der Waals surface area (Å²) >= 11 is 1.67. The molecule has 7 nitrogen and oxygen atoms in total. The number of ether oxygens (including phenoxy) is 4. The summed E-state index contributed by atoms with van der Waals surface area (Å²) in [4.78, 5) is 28.3. The second-order valence-electron chi connectivity index (χ2n) is 12.7. The molecule has 0 spiro atoms. The molecule has 1 aromatic heterocycles. The van der Waals surface area contributed by atoms with E-state index >= 15 is 0 Å². The average molecular weight is 730 g/mol. The van der Waals surface area contributed by atoms with Crippen LogP contribution in [0.25, 0.3) is 42.7 Å². The number of hydrogen-bond acceptors (Lipinski definition) is 8. The number of carbonyl (C=O) groups is 2. The largest absolute Gasteiger partial charge is 0.490 e. The molecule has 8 rings (SSSR count). The van der Waals surface area contributed by atoms with Crippen LogP contribution in [0.4, 0.5) is 0 Å². The van der Waals surface area contributed by atoms with Crippen molar-refractivity contribution in [1.29, 1.82) is 0 Å². The standard InChI is InChI=1S/C46H35NO6S/c1-3-43(48)52-24-22-50-35-18-16-33(17-19-35)46(34-15-14-30-10-8-9-13-32(30)26-34)39-21-20-36(51-23-25-53-44(49)4-2)27-37(39)38-28-42-41(29-40(38)46)47-45(54-42)31-11-6-5-7-12-31/h3-21,26-29H,1-2,22-25H2. The van der Waals surface area contributed by atoms with Gasteiger partial charge in [0.05, 0.1) is 15.6 Å². The molecule has 54 heavy (non-hydrogen) atoms. The Hall–Kier alpha value is -6.51. The van der Waals surface area contributed by atoms with E-state index in [1.165, 1.54) is 0 Å². The van der Waals surface area contributed by atoms with Crippen molar-refractivity contribution in [3.63, 3.8) is 0 Å². The maximum atomic E-state index is 11.6. The average Bonchev–Trinajstić information content (AvgIpc) is 3.77. The number of fused-ring (bicyclic) bond motifs is 5. The van der Waals surface area contributed by atoms with Gasteiger partial charge in [0, 0.05) is 17.7 Å². The molecule has 7 aromatic rings. The predicted octanol–water partition coefficient (Wildman–Crippen LogP) is 9.70. The highest BCUT2D eigenvalue weighted by Gasteiger charge is 2.47. The molecule has 0 bridgehead atoms. The molecule has 0 fully saturated rings. The van der Waals surface area contributed by atoms with Crippen molar-refractivity contribution in [2.24, 2.45) is 0 Å². The number of nitrogens with zero attached hydrogens (tertiary/aromatic N) is 1. The predicted molar refractivity (Wildman–Crippen MR) is 213 cm³/mol. The highest BCUT2D eigenvalue weighted by Crippen LogP contribution is 2.58. The van der Waals surface area contributed by atoms with Crippen molar-refractivity contribution in [3.05, 3.63) is 175 Å². The van der Waals surface area contributed by atoms with E-state index in [0.29, 0.717) is 11.5 Å². The number of thiazole rings is 1. The van der Waals surface area contributed by atoms with E-state index in [2.05, 4.69) is 104 Å². The minimum atomic E-state index is -0.741. The first-order valence-electron chi connectivity index (χ1n) is 17.6. The van der Waals surface area contributed by atoms with Crippen LogP contribution in [0.1, 0.15) is 22.3 Å². The smallest absolute Gasteiger partial charge is 0.330 e. The van der Waals surface area contributed by atoms with Gasteiger partial charge in [0.1, 0.15) is 42.9 Å². The van der Waals surface area contributed by atoms with Gasteiger partial charge < -0.3 is 18.9 Å². The van der Waals surface area contributed by atoms with Gasteiger partial charge in [-0.3, -0.25) is 0 Å². The molecule has 1 heterocycles. The summed E-state index contributed by atoms with van der Waals surface area (Å²) < 4.78 is 23.5. The highest BCUT2D eigenvalue weighted by atomic mass is 32.1. The highest BCUT2D eigenvalue weighted by molar-refractivity contribution is 7.21. The first-order valence-corrected chi connectivity index (χ1v) is 18.4. The third-order valence-corrected chi connectivity index (χ3v) is 10.7. The van der Waals surface area contributed by atoms with Crippen molar-refractivity contribution in [1.82, 2.24) is 4.98 Å². The van der Waals surface area contributed by atoms with Gasteiger partial charge in [-0.15, -0.1) is 11.3 Å². The van der Waals surface area contributed by atoms with Gasteiger partial charge in [-0.05, 0) is 86.6 Å². The van der Waals surface area contributed by atoms with E-state index in [-0.39, 0.29) is 26.4 Å². The zero-order chi connectivity index (χ0) is 37.1. The SMILES string of the molecule is C=CC(=O)OCCOc1ccc(C2(c3ccc4ccccc4c3)c3ccc(OCCOC(=O)C=C)cc3-c3cc4sc(-c5ccccc5)nc4cc32)cc1. The van der Waals surface area contributed by atoms with E-state index in [4.69, 9.17) is 23.9 Å². The Morgan fingerprint density at radius 1 is 0.611 bits per heavy atom. The summed E-state index contributed by atoms with van der Waals surface area (Å²) in [6, 6.07) is 44.2. The third-order valence-electron chi connectivity index (χ3n) is 9.63. The fourth-order valence-electron chi connectivity index (χ4n) is 7.25. The van der Waals surface area contributed by atoms with Crippen LogP contribution in [0.2, 0.25) is 0 Å². The van der Waals surface area contributed by atoms with Crippen LogP contribution in [-0.2, 0) is 24.5 Å². The third kappa shape index (κ3) is 6.41. The van der Waals surface area contributed by atoms with Crippen LogP contribution in [0, 0.1) is 0 Å². The zero-order valence-corrected chi connectivity index (χ0v) is 30.1. The molecule has 0 N–H and O–H groups in total. The molecule has 0 radical (unpaired) electrons. The van der Waals surface area contributed by atoms with Crippen LogP contribution in [-0.4, -0.2) is 43.4 Å². The lowest BCUT2D eigenvalue weighted by atomic mass is 9.67. The Balaban J connectivity index is 1.30. The van der Waals surface area contributed by atoms with Gasteiger partial charge in [-0.2, -0.15) is 0 Å². The molecule has 0 saturated carbocycles. The summed E-state index contributed by atoms with van der Waals surface area (Å²) in [5.74, 6) is 0.347. The fourth-order valence-corrected chi connectivity index (χ4v) is 8.25. The summed E-state index contributed by atoms with van der Waals surface area (Å²) in [7, 11) is 0. The normalized spacial score (nSPS) is 14.2. The molecule has 0 amide bonds. The number of rotatable bonds is 13. The quantitative estimate of drug-likeness (QED) is 0.0664. The first kappa shape index (κ1) is 34.6. The Kier molecular flexibility index (Phi) is 9.51. The molecule has 1 aliphatic carbocycles. The van der Waals surface area contributed by atoms with Gasteiger partial charge in [-0.25, -0.2) is 14.6 Å². The Labute approximate surface area is 316 Å². The number of benzene rings is 6. The summed E-state index contributed by atoms with van der Waals surface area (Å²) in [5, 5.41) is 3.24. The van der Waals surface area contributed by atoms with Crippen LogP contribution >= 0.6 is 11.3 Å². The van der Waals surface area contributed by atoms with E-state index in [9.17, 15) is 9.59 Å². The molecule has 1 aliphatic rings. The molecule has 1 unspecified atom stereocenters. The number of aromatic nitrogens is 1. The van der Waals surface area contributed by atoms with Crippen molar-refractivity contribution in [3.8, 4) is 33.2 Å². The fraction of sp³-hybridized carbons (Fsp3) is 0.109. The topological polar surface area (TPSA) is 84.0 Å². The van der Waals surface area contributed by atoms with E-state index in [0.717, 1.165) is 77.1 Å². The minimum absolute atomic E-state index is 0.106. The van der Waals surface area contributed by atoms with Gasteiger partial charge in [0.15, 0.2) is 0 Å². The summed E-state index contributed by atoms with van der Waals surface area (Å²) in [6.45, 7) is 7.53. The van der Waals surface area contributed by atoms with Crippen LogP contribution in [0.3, 0.4) is 0 Å². The molecule has 266 valence electrons. The zero-order valence-electron chi connectivity index (χ0n) is 29.3. The summed E-state index contributed by atoms with van der Waals surface area (Å²) in [5.41, 5.74) is 7.74. The monoisotopic (exact) mass is 729 g/mol. The summed E-state index contributed by atoms with van der Waals surface area (Å²) in [6.07, 6.45) is 2.28. The van der Waals surface area contributed by atoms with Crippen LogP contribution in [0.15, 0.2) is 153 Å². The first-order chi connectivity index (χ1) is 26.5. The molecule has 0 saturated heterocycles. The molecular weight excluding hydrogens is 695 g/mol. The molecular formula is C46H35NO6S. The Bertz CT molecular complexity index is 2540. The lowest BCUT2D eigenvalue weighted by Crippen LogP contribution is -2.28. The maximum Gasteiger partial charge on any atom is 0.330 e. The lowest BCUT2D eigenvalue weighted by Gasteiger charge is -2.34.